The fraction of sp³-hybridized carbons (Fsp3) is 0.467. The summed E-state index contributed by atoms with van der Waals surface area (Å²) < 4.78 is 12.1. The number of nitrogens with one attached hydrogen (secondary N) is 2. The number of amides is 1. The largest absolute Gasteiger partial charge is 0.508 e. The van der Waals surface area contributed by atoms with Gasteiger partial charge in [0.15, 0.2) is 0 Å². The molecule has 0 aliphatic heterocycles. The molecule has 1 atom stereocenters. The number of benzene rings is 1. The first-order valence-electron chi connectivity index (χ1n) is 6.87. The lowest BCUT2D eigenvalue weighted by Gasteiger charge is -2.21. The van der Waals surface area contributed by atoms with E-state index in [9.17, 15) is 19.2 Å². The topological polar surface area (TPSA) is 87.7 Å². The number of halogens is 1. The number of aromatic hydroxyl groups is 1. The number of carbonyl (C=O) groups is 2. The second-order valence-corrected chi connectivity index (χ2v) is 5.91. The van der Waals surface area contributed by atoms with Crippen LogP contribution in [0.1, 0.15) is 38.7 Å². The number of rotatable bonds is 6. The number of carbonyl (C=O) groups excluding carboxylic acids is 2. The number of hydroxylamine groups is 1. The quantitative estimate of drug-likeness (QED) is 0.552. The van der Waals surface area contributed by atoms with Gasteiger partial charge in [0.05, 0.1) is 12.3 Å². The predicted molar refractivity (Wildman–Crippen MR) is 78.3 cm³/mol. The van der Waals surface area contributed by atoms with E-state index in [4.69, 9.17) is 4.84 Å². The van der Waals surface area contributed by atoms with Crippen LogP contribution < -0.4 is 11.0 Å². The van der Waals surface area contributed by atoms with Crippen LogP contribution in [0.5, 0.6) is 5.75 Å². The van der Waals surface area contributed by atoms with Crippen LogP contribution in [0, 0.1) is 5.41 Å². The highest BCUT2D eigenvalue weighted by Crippen LogP contribution is 2.20. The van der Waals surface area contributed by atoms with Crippen LogP contribution in [-0.2, 0) is 14.4 Å². The number of hydrogen-bond donors (Lipinski definition) is 3. The summed E-state index contributed by atoms with van der Waals surface area (Å²) in [6.07, 6.45) is -0.0439. The van der Waals surface area contributed by atoms with Gasteiger partial charge >= 0.3 is 5.97 Å². The average Bonchev–Trinajstić information content (AvgIpc) is 2.44. The Kier molecular flexibility index (Phi) is 6.30. The minimum absolute atomic E-state index is 0.0000420. The molecule has 1 amide bonds. The van der Waals surface area contributed by atoms with E-state index < -0.39 is 23.2 Å². The number of phenolic OH excluding ortho intramolecular Hbond substituents is 1. The molecule has 0 bridgehead atoms. The fourth-order valence-electron chi connectivity index (χ4n) is 1.78. The predicted octanol–water partition coefficient (Wildman–Crippen LogP) is 1.96. The summed E-state index contributed by atoms with van der Waals surface area (Å²) >= 11 is 0. The Hall–Kier alpha value is -2.15. The van der Waals surface area contributed by atoms with E-state index in [1.807, 2.05) is 0 Å². The summed E-state index contributed by atoms with van der Waals surface area (Å²) in [6.45, 7) is 5.04. The maximum atomic E-state index is 12.1. The first kappa shape index (κ1) is 17.9. The third kappa shape index (κ3) is 5.69. The van der Waals surface area contributed by atoms with Gasteiger partial charge in [-0.2, -0.15) is 11.0 Å². The minimum Gasteiger partial charge on any atom is -0.508 e. The summed E-state index contributed by atoms with van der Waals surface area (Å²) in [5, 5.41) is 9.20. The second-order valence-electron chi connectivity index (χ2n) is 5.91. The Morgan fingerprint density at radius 2 is 1.91 bits per heavy atom. The zero-order valence-electron chi connectivity index (χ0n) is 12.9. The maximum absolute atomic E-state index is 12.1. The molecule has 0 saturated heterocycles. The molecule has 0 aliphatic rings. The Balaban J connectivity index is 2.48. The fourth-order valence-corrected chi connectivity index (χ4v) is 1.78. The smallest absolute Gasteiger partial charge is 0.332 e. The van der Waals surface area contributed by atoms with E-state index in [0.29, 0.717) is 5.56 Å². The van der Waals surface area contributed by atoms with Crippen molar-refractivity contribution < 1.29 is 24.0 Å². The summed E-state index contributed by atoms with van der Waals surface area (Å²) in [6, 6.07) is 6.16. The van der Waals surface area contributed by atoms with Crippen molar-refractivity contribution in [1.82, 2.24) is 11.0 Å². The van der Waals surface area contributed by atoms with Gasteiger partial charge in [-0.1, -0.05) is 26.0 Å². The van der Waals surface area contributed by atoms with Gasteiger partial charge in [-0.05, 0) is 30.0 Å². The summed E-state index contributed by atoms with van der Waals surface area (Å²) in [5.74, 6) is -1.58. The van der Waals surface area contributed by atoms with Gasteiger partial charge in [0.25, 0.3) is 5.91 Å². The van der Waals surface area contributed by atoms with Gasteiger partial charge in [0.1, 0.15) is 5.75 Å². The van der Waals surface area contributed by atoms with Crippen LogP contribution >= 0.6 is 0 Å². The molecule has 22 heavy (non-hydrogen) atoms. The summed E-state index contributed by atoms with van der Waals surface area (Å²) in [5.41, 5.74) is 3.65. The molecule has 0 fully saturated rings. The van der Waals surface area contributed by atoms with Crippen molar-refractivity contribution >= 4 is 11.9 Å². The molecule has 1 unspecified atom stereocenters. The Morgan fingerprint density at radius 3 is 2.45 bits per heavy atom. The minimum atomic E-state index is -0.647. The third-order valence-corrected chi connectivity index (χ3v) is 3.22. The maximum Gasteiger partial charge on any atom is 0.332 e. The van der Waals surface area contributed by atoms with Crippen molar-refractivity contribution in [2.45, 2.75) is 33.1 Å². The van der Waals surface area contributed by atoms with Crippen molar-refractivity contribution in [3.05, 3.63) is 29.8 Å². The SMILES string of the molecule is CC(C(=O)NOC(=O)CC(C)(C)CNF)c1ccc(O)cc1. The molecule has 0 aliphatic carbocycles. The molecule has 6 nitrogen and oxygen atoms in total. The molecule has 1 aromatic carbocycles. The molecule has 3 N–H and O–H groups in total. The Labute approximate surface area is 128 Å². The molecule has 122 valence electrons. The average molecular weight is 312 g/mol. The molecule has 0 heterocycles. The normalized spacial score (nSPS) is 12.5. The van der Waals surface area contributed by atoms with Crippen molar-refractivity contribution in [3.63, 3.8) is 0 Å². The summed E-state index contributed by atoms with van der Waals surface area (Å²) in [4.78, 5) is 28.2. The zero-order chi connectivity index (χ0) is 16.8. The summed E-state index contributed by atoms with van der Waals surface area (Å²) in [7, 11) is 0. The van der Waals surface area contributed by atoms with Crippen LogP contribution in [0.4, 0.5) is 4.48 Å². The van der Waals surface area contributed by atoms with E-state index in [1.54, 1.807) is 32.9 Å². The van der Waals surface area contributed by atoms with Crippen LogP contribution in [-0.4, -0.2) is 23.5 Å². The zero-order valence-corrected chi connectivity index (χ0v) is 12.9. The highest BCUT2D eigenvalue weighted by Gasteiger charge is 2.24. The van der Waals surface area contributed by atoms with Crippen molar-refractivity contribution in [2.24, 2.45) is 5.41 Å². The monoisotopic (exact) mass is 312 g/mol. The molecule has 0 aromatic heterocycles. The molecule has 0 saturated carbocycles. The lowest BCUT2D eigenvalue weighted by Crippen LogP contribution is -2.34. The first-order chi connectivity index (χ1) is 10.2. The van der Waals surface area contributed by atoms with Gasteiger partial charge < -0.3 is 9.94 Å². The van der Waals surface area contributed by atoms with Crippen LogP contribution in [0.25, 0.3) is 0 Å². The van der Waals surface area contributed by atoms with E-state index in [2.05, 4.69) is 5.48 Å². The van der Waals surface area contributed by atoms with Gasteiger partial charge in [-0.15, -0.1) is 4.48 Å². The van der Waals surface area contributed by atoms with Crippen LogP contribution in [0.3, 0.4) is 0 Å². The molecular weight excluding hydrogens is 291 g/mol. The van der Waals surface area contributed by atoms with Crippen LogP contribution in [0.15, 0.2) is 24.3 Å². The van der Waals surface area contributed by atoms with Crippen molar-refractivity contribution in [3.8, 4) is 5.75 Å². The van der Waals surface area contributed by atoms with E-state index in [-0.39, 0.29) is 18.7 Å². The highest BCUT2D eigenvalue weighted by atomic mass is 19.2. The molecule has 1 rings (SSSR count). The lowest BCUT2D eigenvalue weighted by atomic mass is 9.90. The van der Waals surface area contributed by atoms with E-state index in [1.165, 1.54) is 17.7 Å². The van der Waals surface area contributed by atoms with Gasteiger partial charge in [-0.3, -0.25) is 4.79 Å². The molecule has 7 heteroatoms. The van der Waals surface area contributed by atoms with E-state index >= 15 is 0 Å². The Bertz CT molecular complexity index is 517. The van der Waals surface area contributed by atoms with Gasteiger partial charge in [0.2, 0.25) is 0 Å². The Morgan fingerprint density at radius 1 is 1.32 bits per heavy atom. The molecule has 0 radical (unpaired) electrons. The second kappa shape index (κ2) is 7.74. The molecule has 0 spiro atoms. The molecular formula is C15H21FN2O4. The first-order valence-corrected chi connectivity index (χ1v) is 6.87. The third-order valence-electron chi connectivity index (χ3n) is 3.22. The molecule has 1 aromatic rings. The van der Waals surface area contributed by atoms with Gasteiger partial charge in [0, 0.05) is 6.54 Å². The van der Waals surface area contributed by atoms with Crippen molar-refractivity contribution in [2.75, 3.05) is 6.54 Å². The van der Waals surface area contributed by atoms with Crippen LogP contribution in [0.2, 0.25) is 0 Å². The standard InChI is InChI=1S/C15H21FN2O4/c1-10(11-4-6-12(19)7-5-11)14(21)18-22-13(20)8-15(2,3)9-17-16/h4-7,10,17,19H,8-9H2,1-3H3,(H,18,21). The van der Waals surface area contributed by atoms with Crippen molar-refractivity contribution in [1.29, 1.82) is 0 Å². The number of hydrogen-bond acceptors (Lipinski definition) is 5. The number of phenols is 1. The lowest BCUT2D eigenvalue weighted by molar-refractivity contribution is -0.160. The van der Waals surface area contributed by atoms with E-state index in [0.717, 1.165) is 0 Å². The van der Waals surface area contributed by atoms with Gasteiger partial charge in [-0.25, -0.2) is 4.79 Å². The highest BCUT2D eigenvalue weighted by molar-refractivity contribution is 5.83.